The Morgan fingerprint density at radius 1 is 1.67 bits per heavy atom. The lowest BCUT2D eigenvalue weighted by atomic mass is 10.1. The van der Waals surface area contributed by atoms with Crippen molar-refractivity contribution in [3.63, 3.8) is 0 Å². The van der Waals surface area contributed by atoms with Crippen LogP contribution in [0.2, 0.25) is 0 Å². The minimum Gasteiger partial charge on any atom is -0.378 e. The third kappa shape index (κ3) is 1.79. The van der Waals surface area contributed by atoms with E-state index in [2.05, 4.69) is 21.0 Å². The van der Waals surface area contributed by atoms with E-state index in [9.17, 15) is 4.79 Å². The summed E-state index contributed by atoms with van der Waals surface area (Å²) in [5, 5.41) is 4.01. The fourth-order valence-corrected chi connectivity index (χ4v) is 1.85. The van der Waals surface area contributed by atoms with E-state index < -0.39 is 0 Å². The minimum absolute atomic E-state index is 0.00303. The van der Waals surface area contributed by atoms with Crippen LogP contribution in [-0.2, 0) is 11.8 Å². The van der Waals surface area contributed by atoms with Crippen LogP contribution >= 0.6 is 15.9 Å². The molecule has 0 aliphatic carbocycles. The van der Waals surface area contributed by atoms with Crippen molar-refractivity contribution < 1.29 is 9.53 Å². The lowest BCUT2D eigenvalue weighted by Crippen LogP contribution is -2.54. The molecule has 82 valence electrons. The van der Waals surface area contributed by atoms with Crippen molar-refractivity contribution in [2.24, 2.45) is 7.05 Å². The second-order valence-electron chi connectivity index (χ2n) is 3.54. The predicted molar refractivity (Wildman–Crippen MR) is 57.6 cm³/mol. The van der Waals surface area contributed by atoms with E-state index in [1.165, 1.54) is 0 Å². The number of ether oxygens (including phenoxy) is 1. The molecule has 0 aromatic carbocycles. The van der Waals surface area contributed by atoms with E-state index in [0.29, 0.717) is 23.3 Å². The molecule has 2 heterocycles. The first-order chi connectivity index (χ1) is 7.13. The molecule has 0 N–H and O–H groups in total. The Morgan fingerprint density at radius 3 is 2.80 bits per heavy atom. The molecule has 5 nitrogen and oxygen atoms in total. The quantitative estimate of drug-likeness (QED) is 0.795. The summed E-state index contributed by atoms with van der Waals surface area (Å²) in [5.41, 5.74) is 0.604. The summed E-state index contributed by atoms with van der Waals surface area (Å²) >= 11 is 3.33. The van der Waals surface area contributed by atoms with Crippen molar-refractivity contribution in [2.75, 3.05) is 20.2 Å². The number of rotatable bonds is 2. The highest BCUT2D eigenvalue weighted by Gasteiger charge is 2.32. The molecule has 1 aliphatic heterocycles. The van der Waals surface area contributed by atoms with Crippen LogP contribution in [0.4, 0.5) is 0 Å². The average Bonchev–Trinajstić information content (AvgIpc) is 2.46. The molecule has 15 heavy (non-hydrogen) atoms. The Kier molecular flexibility index (Phi) is 2.79. The monoisotopic (exact) mass is 273 g/mol. The molecule has 0 radical (unpaired) electrons. The number of hydrogen-bond donors (Lipinski definition) is 0. The molecule has 1 fully saturated rings. The summed E-state index contributed by atoms with van der Waals surface area (Å²) in [7, 11) is 3.45. The maximum absolute atomic E-state index is 11.9. The first kappa shape index (κ1) is 10.6. The molecule has 0 atom stereocenters. The standard InChI is InChI=1S/C9H12BrN3O2/c1-12-8(10)7(3-11-12)9(14)13-4-6(5-13)15-2/h3,6H,4-5H2,1-2H3. The molecule has 1 aliphatic rings. The van der Waals surface area contributed by atoms with E-state index in [1.807, 2.05) is 0 Å². The SMILES string of the molecule is COC1CN(C(=O)c2cnn(C)c2Br)C1. The number of halogens is 1. The smallest absolute Gasteiger partial charge is 0.258 e. The number of methoxy groups -OCH3 is 1. The second-order valence-corrected chi connectivity index (χ2v) is 4.29. The van der Waals surface area contributed by atoms with Gasteiger partial charge in [-0.25, -0.2) is 0 Å². The lowest BCUT2D eigenvalue weighted by molar-refractivity contribution is -0.0192. The molecule has 0 spiro atoms. The highest BCUT2D eigenvalue weighted by atomic mass is 79.9. The van der Waals surface area contributed by atoms with Crippen LogP contribution in [0.25, 0.3) is 0 Å². The minimum atomic E-state index is 0.00303. The van der Waals surface area contributed by atoms with Gasteiger partial charge in [-0.3, -0.25) is 9.48 Å². The van der Waals surface area contributed by atoms with Gasteiger partial charge in [0.15, 0.2) is 0 Å². The summed E-state index contributed by atoms with van der Waals surface area (Å²) < 4.78 is 7.45. The third-order valence-electron chi connectivity index (χ3n) is 2.57. The van der Waals surface area contributed by atoms with E-state index in [1.54, 1.807) is 29.9 Å². The fraction of sp³-hybridized carbons (Fsp3) is 0.556. The molecule has 1 aromatic rings. The van der Waals surface area contributed by atoms with Crippen molar-refractivity contribution >= 4 is 21.8 Å². The first-order valence-corrected chi connectivity index (χ1v) is 5.42. The van der Waals surface area contributed by atoms with E-state index >= 15 is 0 Å². The number of hydrogen-bond acceptors (Lipinski definition) is 3. The number of aromatic nitrogens is 2. The zero-order valence-corrected chi connectivity index (χ0v) is 10.2. The summed E-state index contributed by atoms with van der Waals surface area (Å²) in [5.74, 6) is 0.00303. The van der Waals surface area contributed by atoms with Crippen LogP contribution in [0.5, 0.6) is 0 Å². The van der Waals surface area contributed by atoms with Gasteiger partial charge in [0, 0.05) is 27.2 Å². The van der Waals surface area contributed by atoms with Crippen molar-refractivity contribution in [3.05, 3.63) is 16.4 Å². The van der Waals surface area contributed by atoms with Crippen LogP contribution in [0.1, 0.15) is 10.4 Å². The fourth-order valence-electron chi connectivity index (χ4n) is 1.49. The molecule has 0 bridgehead atoms. The number of aryl methyl sites for hydroxylation is 1. The van der Waals surface area contributed by atoms with Gasteiger partial charge >= 0.3 is 0 Å². The molecule has 0 unspecified atom stereocenters. The summed E-state index contributed by atoms with van der Waals surface area (Å²) in [6.07, 6.45) is 1.76. The van der Waals surface area contributed by atoms with E-state index in [4.69, 9.17) is 4.74 Å². The van der Waals surface area contributed by atoms with Gasteiger partial charge < -0.3 is 9.64 Å². The number of amides is 1. The van der Waals surface area contributed by atoms with Gasteiger partial charge in [-0.1, -0.05) is 0 Å². The van der Waals surface area contributed by atoms with Gasteiger partial charge in [0.1, 0.15) is 4.60 Å². The molecule has 6 heteroatoms. The van der Waals surface area contributed by atoms with Gasteiger partial charge in [-0.05, 0) is 15.9 Å². The van der Waals surface area contributed by atoms with Crippen molar-refractivity contribution in [1.29, 1.82) is 0 Å². The van der Waals surface area contributed by atoms with Crippen LogP contribution in [0.15, 0.2) is 10.8 Å². The van der Waals surface area contributed by atoms with Crippen LogP contribution in [-0.4, -0.2) is 46.9 Å². The molecule has 1 saturated heterocycles. The van der Waals surface area contributed by atoms with Crippen LogP contribution in [0, 0.1) is 0 Å². The zero-order valence-electron chi connectivity index (χ0n) is 8.61. The Hall–Kier alpha value is -0.880. The van der Waals surface area contributed by atoms with Gasteiger partial charge in [-0.2, -0.15) is 5.10 Å². The summed E-state index contributed by atoms with van der Waals surface area (Å²) in [4.78, 5) is 13.7. The number of carbonyl (C=O) groups is 1. The molecule has 1 aromatic heterocycles. The Balaban J connectivity index is 2.07. The number of likely N-dealkylation sites (tertiary alicyclic amines) is 1. The Morgan fingerprint density at radius 2 is 2.33 bits per heavy atom. The second kappa shape index (κ2) is 3.94. The maximum Gasteiger partial charge on any atom is 0.258 e. The van der Waals surface area contributed by atoms with Crippen LogP contribution in [0.3, 0.4) is 0 Å². The third-order valence-corrected chi connectivity index (χ3v) is 3.51. The Bertz CT molecular complexity index is 385. The van der Waals surface area contributed by atoms with Crippen molar-refractivity contribution in [2.45, 2.75) is 6.10 Å². The summed E-state index contributed by atoms with van der Waals surface area (Å²) in [6.45, 7) is 1.33. The average molecular weight is 274 g/mol. The van der Waals surface area contributed by atoms with Crippen molar-refractivity contribution in [1.82, 2.24) is 14.7 Å². The molecule has 0 saturated carbocycles. The largest absolute Gasteiger partial charge is 0.378 e. The van der Waals surface area contributed by atoms with Gasteiger partial charge in [0.2, 0.25) is 0 Å². The van der Waals surface area contributed by atoms with Crippen LogP contribution < -0.4 is 0 Å². The Labute approximate surface area is 96.1 Å². The first-order valence-electron chi connectivity index (χ1n) is 4.63. The van der Waals surface area contributed by atoms with Gasteiger partial charge in [0.25, 0.3) is 5.91 Å². The number of carbonyl (C=O) groups excluding carboxylic acids is 1. The lowest BCUT2D eigenvalue weighted by Gasteiger charge is -2.37. The highest BCUT2D eigenvalue weighted by molar-refractivity contribution is 9.10. The number of nitrogens with zero attached hydrogens (tertiary/aromatic N) is 3. The molecular weight excluding hydrogens is 262 g/mol. The normalized spacial score (nSPS) is 16.6. The van der Waals surface area contributed by atoms with Gasteiger partial charge in [0.05, 0.1) is 17.9 Å². The molecule has 1 amide bonds. The topological polar surface area (TPSA) is 47.4 Å². The molecular formula is C9H12BrN3O2. The summed E-state index contributed by atoms with van der Waals surface area (Å²) in [6, 6.07) is 0. The van der Waals surface area contributed by atoms with Crippen molar-refractivity contribution in [3.8, 4) is 0 Å². The van der Waals surface area contributed by atoms with Gasteiger partial charge in [-0.15, -0.1) is 0 Å². The zero-order chi connectivity index (χ0) is 11.0. The predicted octanol–water partition coefficient (Wildman–Crippen LogP) is 0.653. The van der Waals surface area contributed by atoms with E-state index in [-0.39, 0.29) is 12.0 Å². The highest BCUT2D eigenvalue weighted by Crippen LogP contribution is 2.20. The maximum atomic E-state index is 11.9. The van der Waals surface area contributed by atoms with E-state index in [0.717, 1.165) is 0 Å². The molecule has 2 rings (SSSR count).